The van der Waals surface area contributed by atoms with E-state index in [1.165, 1.54) is 0 Å². The maximum atomic E-state index is 11.6. The summed E-state index contributed by atoms with van der Waals surface area (Å²) in [5.41, 5.74) is 0.544. The zero-order chi connectivity index (χ0) is 13.2. The van der Waals surface area contributed by atoms with Crippen molar-refractivity contribution in [1.82, 2.24) is 10.2 Å². The third-order valence-corrected chi connectivity index (χ3v) is 2.68. The summed E-state index contributed by atoms with van der Waals surface area (Å²) >= 11 is 0. The van der Waals surface area contributed by atoms with E-state index in [4.69, 9.17) is 4.74 Å². The third kappa shape index (κ3) is 5.29. The van der Waals surface area contributed by atoms with Crippen molar-refractivity contribution >= 4 is 5.97 Å². The number of carbonyl (C=O) groups is 1. The molecule has 4 nitrogen and oxygen atoms in total. The van der Waals surface area contributed by atoms with Gasteiger partial charge in [-0.25, -0.2) is 4.79 Å². The minimum Gasteiger partial charge on any atom is -0.462 e. The van der Waals surface area contributed by atoms with Crippen LogP contribution in [0.15, 0.2) is 36.5 Å². The second-order valence-corrected chi connectivity index (χ2v) is 4.03. The highest BCUT2D eigenvalue weighted by atomic mass is 16.5. The Labute approximate surface area is 109 Å². The summed E-state index contributed by atoms with van der Waals surface area (Å²) in [5, 5.41) is 3.30. The molecule has 1 saturated heterocycles. The SMILES string of the molecule is C=C/C=C(\C=C/CN1CCNCC1)C(=O)OCC. The van der Waals surface area contributed by atoms with E-state index < -0.39 is 0 Å². The second kappa shape index (κ2) is 8.66. The van der Waals surface area contributed by atoms with Gasteiger partial charge in [-0.1, -0.05) is 24.8 Å². The van der Waals surface area contributed by atoms with Crippen LogP contribution in [-0.2, 0) is 9.53 Å². The zero-order valence-electron chi connectivity index (χ0n) is 11.0. The molecular weight excluding hydrogens is 228 g/mol. The molecule has 0 amide bonds. The Morgan fingerprint density at radius 3 is 2.78 bits per heavy atom. The average Bonchev–Trinajstić information content (AvgIpc) is 2.39. The van der Waals surface area contributed by atoms with Crippen LogP contribution < -0.4 is 5.32 Å². The molecule has 0 aliphatic carbocycles. The Balaban J connectivity index is 2.47. The van der Waals surface area contributed by atoms with Crippen LogP contribution in [0.2, 0.25) is 0 Å². The predicted molar refractivity (Wildman–Crippen MR) is 73.4 cm³/mol. The third-order valence-electron chi connectivity index (χ3n) is 2.68. The number of carbonyl (C=O) groups excluding carboxylic acids is 1. The molecule has 1 rings (SSSR count). The Hall–Kier alpha value is -1.39. The highest BCUT2D eigenvalue weighted by Crippen LogP contribution is 2.02. The largest absolute Gasteiger partial charge is 0.462 e. The van der Waals surface area contributed by atoms with Crippen LogP contribution >= 0.6 is 0 Å². The van der Waals surface area contributed by atoms with Crippen molar-refractivity contribution in [1.29, 1.82) is 0 Å². The summed E-state index contributed by atoms with van der Waals surface area (Å²) in [4.78, 5) is 13.9. The minimum absolute atomic E-state index is 0.297. The number of ether oxygens (including phenoxy) is 1. The van der Waals surface area contributed by atoms with E-state index in [9.17, 15) is 4.79 Å². The molecule has 0 spiro atoms. The minimum atomic E-state index is -0.297. The molecule has 18 heavy (non-hydrogen) atoms. The highest BCUT2D eigenvalue weighted by Gasteiger charge is 2.08. The summed E-state index contributed by atoms with van der Waals surface area (Å²) in [6.45, 7) is 10.8. The summed E-state index contributed by atoms with van der Waals surface area (Å²) < 4.78 is 4.97. The van der Waals surface area contributed by atoms with E-state index in [1.807, 2.05) is 12.2 Å². The van der Waals surface area contributed by atoms with Crippen molar-refractivity contribution in [2.24, 2.45) is 0 Å². The van der Waals surface area contributed by atoms with Crippen molar-refractivity contribution in [2.45, 2.75) is 6.92 Å². The van der Waals surface area contributed by atoms with E-state index in [-0.39, 0.29) is 5.97 Å². The Morgan fingerprint density at radius 1 is 1.44 bits per heavy atom. The molecule has 1 aliphatic heterocycles. The molecule has 1 N–H and O–H groups in total. The van der Waals surface area contributed by atoms with Crippen LogP contribution in [0.1, 0.15) is 6.92 Å². The lowest BCUT2D eigenvalue weighted by atomic mass is 10.2. The first kappa shape index (κ1) is 14.7. The van der Waals surface area contributed by atoms with Gasteiger partial charge in [0.15, 0.2) is 0 Å². The first-order chi connectivity index (χ1) is 8.77. The van der Waals surface area contributed by atoms with Crippen molar-refractivity contribution in [3.05, 3.63) is 36.5 Å². The van der Waals surface area contributed by atoms with Crippen LogP contribution in [0, 0.1) is 0 Å². The van der Waals surface area contributed by atoms with Gasteiger partial charge in [0.1, 0.15) is 0 Å². The van der Waals surface area contributed by atoms with Crippen LogP contribution in [0.5, 0.6) is 0 Å². The van der Waals surface area contributed by atoms with Crippen molar-refractivity contribution < 1.29 is 9.53 Å². The fourth-order valence-electron chi connectivity index (χ4n) is 1.76. The molecule has 0 aromatic heterocycles. The van der Waals surface area contributed by atoms with Crippen LogP contribution in [-0.4, -0.2) is 50.2 Å². The van der Waals surface area contributed by atoms with Crippen molar-refractivity contribution in [3.8, 4) is 0 Å². The maximum absolute atomic E-state index is 11.6. The van der Waals surface area contributed by atoms with Gasteiger partial charge in [0.2, 0.25) is 0 Å². The Kier molecular flexibility index (Phi) is 7.06. The van der Waals surface area contributed by atoms with E-state index >= 15 is 0 Å². The summed E-state index contributed by atoms with van der Waals surface area (Å²) in [7, 11) is 0. The fourth-order valence-corrected chi connectivity index (χ4v) is 1.76. The first-order valence-corrected chi connectivity index (χ1v) is 6.37. The topological polar surface area (TPSA) is 41.6 Å². The molecule has 1 heterocycles. The zero-order valence-corrected chi connectivity index (χ0v) is 11.0. The lowest BCUT2D eigenvalue weighted by Crippen LogP contribution is -2.43. The number of esters is 1. The smallest absolute Gasteiger partial charge is 0.338 e. The van der Waals surface area contributed by atoms with Gasteiger partial charge in [-0.3, -0.25) is 4.90 Å². The number of rotatable bonds is 6. The average molecular weight is 250 g/mol. The second-order valence-electron chi connectivity index (χ2n) is 4.03. The number of nitrogens with one attached hydrogen (secondary N) is 1. The lowest BCUT2D eigenvalue weighted by Gasteiger charge is -2.25. The number of hydrogen-bond donors (Lipinski definition) is 1. The van der Waals surface area contributed by atoms with Gasteiger partial charge < -0.3 is 10.1 Å². The van der Waals surface area contributed by atoms with Gasteiger partial charge in [0, 0.05) is 32.7 Å². The number of nitrogens with zero attached hydrogens (tertiary/aromatic N) is 1. The molecular formula is C14H22N2O2. The molecule has 0 saturated carbocycles. The van der Waals surface area contributed by atoms with Gasteiger partial charge >= 0.3 is 5.97 Å². The molecule has 1 aliphatic rings. The lowest BCUT2D eigenvalue weighted by molar-refractivity contribution is -0.138. The number of hydrogen-bond acceptors (Lipinski definition) is 4. The quantitative estimate of drug-likeness (QED) is 0.436. The summed E-state index contributed by atoms with van der Waals surface area (Å²) in [5.74, 6) is -0.297. The number of allylic oxidation sites excluding steroid dienone is 2. The molecule has 0 aromatic carbocycles. The monoisotopic (exact) mass is 250 g/mol. The van der Waals surface area contributed by atoms with E-state index in [1.54, 1.807) is 19.1 Å². The molecule has 4 heteroatoms. The molecule has 0 atom stereocenters. The van der Waals surface area contributed by atoms with Gasteiger partial charge in [0.05, 0.1) is 12.2 Å². The van der Waals surface area contributed by atoms with Crippen LogP contribution in [0.25, 0.3) is 0 Å². The van der Waals surface area contributed by atoms with Crippen LogP contribution in [0.3, 0.4) is 0 Å². The van der Waals surface area contributed by atoms with Crippen molar-refractivity contribution in [2.75, 3.05) is 39.3 Å². The summed E-state index contributed by atoms with van der Waals surface area (Å²) in [6, 6.07) is 0. The van der Waals surface area contributed by atoms with Gasteiger partial charge in [0.25, 0.3) is 0 Å². The molecule has 0 aromatic rings. The summed E-state index contributed by atoms with van der Waals surface area (Å²) in [6.07, 6.45) is 7.08. The van der Waals surface area contributed by atoms with E-state index in [0.717, 1.165) is 32.7 Å². The highest BCUT2D eigenvalue weighted by molar-refractivity contribution is 5.91. The Morgan fingerprint density at radius 2 is 2.17 bits per heavy atom. The fraction of sp³-hybridized carbons (Fsp3) is 0.500. The molecule has 1 fully saturated rings. The van der Waals surface area contributed by atoms with E-state index in [2.05, 4.69) is 16.8 Å². The number of piperazine rings is 1. The molecule has 100 valence electrons. The van der Waals surface area contributed by atoms with E-state index in [0.29, 0.717) is 12.2 Å². The maximum Gasteiger partial charge on any atom is 0.338 e. The van der Waals surface area contributed by atoms with Gasteiger partial charge in [-0.15, -0.1) is 0 Å². The van der Waals surface area contributed by atoms with Crippen molar-refractivity contribution in [3.63, 3.8) is 0 Å². The molecule has 0 unspecified atom stereocenters. The van der Waals surface area contributed by atoms with Gasteiger partial charge in [-0.2, -0.15) is 0 Å². The van der Waals surface area contributed by atoms with Crippen LogP contribution in [0.4, 0.5) is 0 Å². The molecule has 0 radical (unpaired) electrons. The normalized spacial score (nSPS) is 17.9. The van der Waals surface area contributed by atoms with Gasteiger partial charge in [-0.05, 0) is 13.0 Å². The standard InChI is InChI=1S/C14H22N2O2/c1-3-6-13(14(17)18-4-2)7-5-10-16-11-8-15-9-12-16/h3,5-7,15H,1,4,8-12H2,2H3/b7-5-,13-6+. The molecule has 0 bridgehead atoms. The first-order valence-electron chi connectivity index (χ1n) is 6.37. The Bertz CT molecular complexity index is 329. The predicted octanol–water partition coefficient (Wildman–Crippen LogP) is 1.12.